The lowest BCUT2D eigenvalue weighted by Gasteiger charge is -2.19. The molecule has 86 valence electrons. The predicted molar refractivity (Wildman–Crippen MR) is 63.8 cm³/mol. The van der Waals surface area contributed by atoms with E-state index in [0.717, 1.165) is 11.3 Å². The van der Waals surface area contributed by atoms with E-state index in [4.69, 9.17) is 5.73 Å². The molecule has 1 saturated heterocycles. The number of nitrogens with two attached hydrogens (primary N) is 1. The monoisotopic (exact) mass is 286 g/mol. The van der Waals surface area contributed by atoms with Gasteiger partial charge in [-0.2, -0.15) is 0 Å². The number of anilines is 1. The highest BCUT2D eigenvalue weighted by atomic mass is 79.9. The van der Waals surface area contributed by atoms with Gasteiger partial charge in [-0.25, -0.2) is 4.39 Å². The largest absolute Gasteiger partial charge is 0.320 e. The maximum absolute atomic E-state index is 13.2. The van der Waals surface area contributed by atoms with E-state index in [1.165, 1.54) is 6.07 Å². The summed E-state index contributed by atoms with van der Waals surface area (Å²) in [6.45, 7) is 2.38. The minimum absolute atomic E-state index is 0.0957. The first kappa shape index (κ1) is 11.5. The Bertz CT molecular complexity index is 450. The summed E-state index contributed by atoms with van der Waals surface area (Å²) in [5.41, 5.74) is 7.11. The third-order valence-electron chi connectivity index (χ3n) is 2.78. The molecule has 1 heterocycles. The zero-order valence-corrected chi connectivity index (χ0v) is 10.4. The van der Waals surface area contributed by atoms with Gasteiger partial charge in [-0.05, 0) is 47.0 Å². The molecule has 1 aromatic rings. The van der Waals surface area contributed by atoms with Crippen LogP contribution in [-0.4, -0.2) is 18.5 Å². The fourth-order valence-corrected chi connectivity index (χ4v) is 2.20. The summed E-state index contributed by atoms with van der Waals surface area (Å²) in [5.74, 6) is -0.418. The quantitative estimate of drug-likeness (QED) is 0.858. The van der Waals surface area contributed by atoms with E-state index in [1.807, 2.05) is 0 Å². The molecule has 2 N–H and O–H groups in total. The Morgan fingerprint density at radius 2 is 2.25 bits per heavy atom. The molecule has 0 aromatic heterocycles. The van der Waals surface area contributed by atoms with Crippen molar-refractivity contribution in [3.05, 3.63) is 28.0 Å². The number of carbonyl (C=O) groups is 1. The molecule has 1 aliphatic rings. The van der Waals surface area contributed by atoms with Crippen LogP contribution in [0.3, 0.4) is 0 Å². The summed E-state index contributed by atoms with van der Waals surface area (Å²) in [6, 6.07) is 2.61. The Morgan fingerprint density at radius 3 is 2.81 bits per heavy atom. The Kier molecular flexibility index (Phi) is 2.99. The number of rotatable bonds is 1. The highest BCUT2D eigenvalue weighted by Crippen LogP contribution is 2.29. The summed E-state index contributed by atoms with van der Waals surface area (Å²) in [6.07, 6.45) is 0.646. The number of carbonyl (C=O) groups excluding carboxylic acids is 1. The first-order chi connectivity index (χ1) is 7.50. The van der Waals surface area contributed by atoms with Gasteiger partial charge >= 0.3 is 0 Å². The van der Waals surface area contributed by atoms with Gasteiger partial charge in [0, 0.05) is 12.2 Å². The van der Waals surface area contributed by atoms with Crippen molar-refractivity contribution in [1.82, 2.24) is 0 Å². The number of halogens is 2. The predicted octanol–water partition coefficient (Wildman–Crippen LogP) is 1.96. The highest BCUT2D eigenvalue weighted by Gasteiger charge is 2.30. The average Bonchev–Trinajstić information content (AvgIpc) is 2.54. The topological polar surface area (TPSA) is 46.3 Å². The maximum Gasteiger partial charge on any atom is 0.243 e. The van der Waals surface area contributed by atoms with Crippen LogP contribution in [0.5, 0.6) is 0 Å². The first-order valence-electron chi connectivity index (χ1n) is 5.03. The van der Waals surface area contributed by atoms with E-state index in [0.29, 0.717) is 17.4 Å². The molecule has 1 aromatic carbocycles. The summed E-state index contributed by atoms with van der Waals surface area (Å²) < 4.78 is 13.6. The summed E-state index contributed by atoms with van der Waals surface area (Å²) >= 11 is 3.12. The van der Waals surface area contributed by atoms with Crippen LogP contribution in [0.4, 0.5) is 10.1 Å². The molecule has 0 spiro atoms. The molecular formula is C11H12BrFN2O. The molecule has 0 saturated carbocycles. The van der Waals surface area contributed by atoms with E-state index >= 15 is 0 Å². The molecule has 0 radical (unpaired) electrons. The van der Waals surface area contributed by atoms with E-state index < -0.39 is 6.04 Å². The fraction of sp³-hybridized carbons (Fsp3) is 0.364. The third-order valence-corrected chi connectivity index (χ3v) is 3.38. The maximum atomic E-state index is 13.2. The summed E-state index contributed by atoms with van der Waals surface area (Å²) in [5, 5.41) is 0. The van der Waals surface area contributed by atoms with Gasteiger partial charge in [0.15, 0.2) is 0 Å². The summed E-state index contributed by atoms with van der Waals surface area (Å²) in [7, 11) is 0. The fourth-order valence-electron chi connectivity index (χ4n) is 1.87. The van der Waals surface area contributed by atoms with Crippen molar-refractivity contribution in [2.24, 2.45) is 5.73 Å². The molecule has 16 heavy (non-hydrogen) atoms. The van der Waals surface area contributed by atoms with Crippen molar-refractivity contribution in [2.45, 2.75) is 19.4 Å². The number of aryl methyl sites for hydroxylation is 1. The minimum Gasteiger partial charge on any atom is -0.320 e. The Morgan fingerprint density at radius 1 is 1.56 bits per heavy atom. The number of nitrogens with zero attached hydrogens (tertiary/aromatic N) is 1. The SMILES string of the molecule is Cc1cc(F)c(Br)cc1N1CCC(N)C1=O. The van der Waals surface area contributed by atoms with E-state index in [-0.39, 0.29) is 11.7 Å². The number of amides is 1. The van der Waals surface area contributed by atoms with Gasteiger partial charge in [-0.3, -0.25) is 4.79 Å². The van der Waals surface area contributed by atoms with E-state index in [9.17, 15) is 9.18 Å². The van der Waals surface area contributed by atoms with E-state index in [2.05, 4.69) is 15.9 Å². The minimum atomic E-state index is -0.428. The van der Waals surface area contributed by atoms with Crippen molar-refractivity contribution in [3.63, 3.8) is 0 Å². The van der Waals surface area contributed by atoms with Crippen molar-refractivity contribution in [3.8, 4) is 0 Å². The van der Waals surface area contributed by atoms with Crippen LogP contribution >= 0.6 is 15.9 Å². The molecule has 1 aliphatic heterocycles. The average molecular weight is 287 g/mol. The molecule has 0 bridgehead atoms. The van der Waals surface area contributed by atoms with Crippen LogP contribution < -0.4 is 10.6 Å². The van der Waals surface area contributed by atoms with Gasteiger partial charge in [-0.15, -0.1) is 0 Å². The van der Waals surface area contributed by atoms with Gasteiger partial charge < -0.3 is 10.6 Å². The van der Waals surface area contributed by atoms with Gasteiger partial charge in [-0.1, -0.05) is 0 Å². The lowest BCUT2D eigenvalue weighted by Crippen LogP contribution is -2.34. The third kappa shape index (κ3) is 1.85. The summed E-state index contributed by atoms with van der Waals surface area (Å²) in [4.78, 5) is 13.4. The number of hydrogen-bond donors (Lipinski definition) is 1. The zero-order valence-electron chi connectivity index (χ0n) is 8.84. The Labute approximate surface area is 102 Å². The van der Waals surface area contributed by atoms with E-state index in [1.54, 1.807) is 17.9 Å². The molecular weight excluding hydrogens is 275 g/mol. The second-order valence-electron chi connectivity index (χ2n) is 3.94. The molecule has 0 aliphatic carbocycles. The van der Waals surface area contributed by atoms with Crippen LogP contribution in [0, 0.1) is 12.7 Å². The van der Waals surface area contributed by atoms with Crippen LogP contribution in [0.1, 0.15) is 12.0 Å². The molecule has 2 rings (SSSR count). The second-order valence-corrected chi connectivity index (χ2v) is 4.79. The normalized spacial score (nSPS) is 20.6. The number of benzene rings is 1. The molecule has 1 atom stereocenters. The lowest BCUT2D eigenvalue weighted by atomic mass is 10.2. The standard InChI is InChI=1S/C11H12BrFN2O/c1-6-4-8(13)7(12)5-10(6)15-3-2-9(14)11(15)16/h4-5,9H,2-3,14H2,1H3. The second kappa shape index (κ2) is 4.14. The molecule has 3 nitrogen and oxygen atoms in total. The zero-order chi connectivity index (χ0) is 11.9. The molecule has 1 amide bonds. The lowest BCUT2D eigenvalue weighted by molar-refractivity contribution is -0.118. The van der Waals surface area contributed by atoms with Crippen LogP contribution in [0.15, 0.2) is 16.6 Å². The van der Waals surface area contributed by atoms with Gasteiger partial charge in [0.2, 0.25) is 5.91 Å². The van der Waals surface area contributed by atoms with Crippen molar-refractivity contribution < 1.29 is 9.18 Å². The van der Waals surface area contributed by atoms with Crippen LogP contribution in [0.25, 0.3) is 0 Å². The number of hydrogen-bond acceptors (Lipinski definition) is 2. The van der Waals surface area contributed by atoms with Crippen molar-refractivity contribution in [1.29, 1.82) is 0 Å². The van der Waals surface area contributed by atoms with Gasteiger partial charge in [0.1, 0.15) is 5.82 Å². The molecule has 1 fully saturated rings. The van der Waals surface area contributed by atoms with Crippen molar-refractivity contribution in [2.75, 3.05) is 11.4 Å². The van der Waals surface area contributed by atoms with Gasteiger partial charge in [0.25, 0.3) is 0 Å². The molecule has 5 heteroatoms. The molecule has 1 unspecified atom stereocenters. The Balaban J connectivity index is 2.41. The Hall–Kier alpha value is -0.940. The first-order valence-corrected chi connectivity index (χ1v) is 5.82. The van der Waals surface area contributed by atoms with Crippen LogP contribution in [-0.2, 0) is 4.79 Å². The highest BCUT2D eigenvalue weighted by molar-refractivity contribution is 9.10. The smallest absolute Gasteiger partial charge is 0.243 e. The van der Waals surface area contributed by atoms with Gasteiger partial charge in [0.05, 0.1) is 10.5 Å². The van der Waals surface area contributed by atoms with Crippen LogP contribution in [0.2, 0.25) is 0 Å². The van der Waals surface area contributed by atoms with Crippen molar-refractivity contribution >= 4 is 27.5 Å².